The van der Waals surface area contributed by atoms with Gasteiger partial charge in [0, 0.05) is 17.4 Å². The number of nitrogens with zero attached hydrogens (tertiary/aromatic N) is 2. The van der Waals surface area contributed by atoms with E-state index >= 15 is 0 Å². The van der Waals surface area contributed by atoms with Gasteiger partial charge in [-0.05, 0) is 93.1 Å². The van der Waals surface area contributed by atoms with Gasteiger partial charge in [0.25, 0.3) is 11.7 Å². The molecule has 7 heteroatoms. The van der Waals surface area contributed by atoms with Gasteiger partial charge in [-0.3, -0.25) is 19.5 Å². The number of hydrogen-bond acceptors (Lipinski definition) is 6. The fourth-order valence-corrected chi connectivity index (χ4v) is 4.99. The first kappa shape index (κ1) is 24.4. The SMILES string of the molecule is CC(C)OC(=O)c1ccc(N2C(=O)C(=O)/C(=C(\O)c3ccc4c(c3)CCCC4)C2c2ccccn2)cc1. The maximum Gasteiger partial charge on any atom is 0.338 e. The van der Waals surface area contributed by atoms with Crippen molar-refractivity contribution in [2.24, 2.45) is 0 Å². The summed E-state index contributed by atoms with van der Waals surface area (Å²) in [5.41, 5.74) is 4.09. The second-order valence-electron chi connectivity index (χ2n) is 9.62. The number of fused-ring (bicyclic) bond motifs is 1. The van der Waals surface area contributed by atoms with Crippen molar-refractivity contribution in [3.05, 3.63) is 100 Å². The van der Waals surface area contributed by atoms with E-state index in [1.165, 1.54) is 10.5 Å². The van der Waals surface area contributed by atoms with E-state index in [0.29, 0.717) is 22.5 Å². The van der Waals surface area contributed by atoms with Gasteiger partial charge in [0.05, 0.1) is 22.9 Å². The van der Waals surface area contributed by atoms with Gasteiger partial charge in [-0.1, -0.05) is 18.2 Å². The van der Waals surface area contributed by atoms with Crippen LogP contribution in [0, 0.1) is 0 Å². The summed E-state index contributed by atoms with van der Waals surface area (Å²) >= 11 is 0. The zero-order valence-electron chi connectivity index (χ0n) is 20.8. The van der Waals surface area contributed by atoms with Crippen LogP contribution in [0.4, 0.5) is 5.69 Å². The highest BCUT2D eigenvalue weighted by atomic mass is 16.5. The number of pyridine rings is 1. The molecule has 188 valence electrons. The van der Waals surface area contributed by atoms with Gasteiger partial charge in [0.2, 0.25) is 0 Å². The Balaban J connectivity index is 1.59. The second-order valence-corrected chi connectivity index (χ2v) is 9.62. The van der Waals surface area contributed by atoms with Crippen molar-refractivity contribution < 1.29 is 24.2 Å². The van der Waals surface area contributed by atoms with Crippen LogP contribution in [0.25, 0.3) is 5.76 Å². The Labute approximate surface area is 215 Å². The molecule has 1 atom stereocenters. The molecule has 5 rings (SSSR count). The predicted molar refractivity (Wildman–Crippen MR) is 139 cm³/mol. The normalized spacial score (nSPS) is 18.7. The molecule has 2 heterocycles. The number of anilines is 1. The molecular formula is C30H28N2O5. The summed E-state index contributed by atoms with van der Waals surface area (Å²) in [6.45, 7) is 3.53. The van der Waals surface area contributed by atoms with Crippen molar-refractivity contribution in [2.75, 3.05) is 4.90 Å². The molecule has 7 nitrogen and oxygen atoms in total. The Hall–Kier alpha value is -4.26. The fraction of sp³-hybridized carbons (Fsp3) is 0.267. The number of carbonyl (C=O) groups excluding carboxylic acids is 3. The molecule has 3 aromatic rings. The van der Waals surface area contributed by atoms with Crippen LogP contribution in [0.1, 0.15) is 65.5 Å². The summed E-state index contributed by atoms with van der Waals surface area (Å²) in [5, 5.41) is 11.4. The predicted octanol–water partition coefficient (Wildman–Crippen LogP) is 5.15. The van der Waals surface area contributed by atoms with Crippen molar-refractivity contribution in [3.63, 3.8) is 0 Å². The molecule has 1 saturated heterocycles. The maximum absolute atomic E-state index is 13.4. The molecule has 1 fully saturated rings. The molecule has 0 radical (unpaired) electrons. The Morgan fingerprint density at radius 1 is 0.973 bits per heavy atom. The lowest BCUT2D eigenvalue weighted by atomic mass is 9.89. The first-order valence-corrected chi connectivity index (χ1v) is 12.5. The molecule has 1 aliphatic heterocycles. The van der Waals surface area contributed by atoms with Crippen LogP contribution in [0.2, 0.25) is 0 Å². The number of aryl methyl sites for hydroxylation is 2. The maximum atomic E-state index is 13.4. The molecule has 0 spiro atoms. The van der Waals surface area contributed by atoms with Crippen LogP contribution < -0.4 is 4.90 Å². The number of benzene rings is 2. The van der Waals surface area contributed by atoms with Crippen molar-refractivity contribution in [1.29, 1.82) is 0 Å². The molecule has 1 N–H and O–H groups in total. The first-order chi connectivity index (χ1) is 17.8. The Morgan fingerprint density at radius 3 is 2.35 bits per heavy atom. The summed E-state index contributed by atoms with van der Waals surface area (Å²) in [4.78, 5) is 44.7. The number of ketones is 1. The van der Waals surface area contributed by atoms with E-state index in [9.17, 15) is 19.5 Å². The van der Waals surface area contributed by atoms with E-state index in [4.69, 9.17) is 4.74 Å². The van der Waals surface area contributed by atoms with Crippen LogP contribution in [0.15, 0.2) is 72.4 Å². The number of carbonyl (C=O) groups is 3. The van der Waals surface area contributed by atoms with Crippen LogP contribution in [-0.4, -0.2) is 33.9 Å². The number of amides is 1. The lowest BCUT2D eigenvalue weighted by Gasteiger charge is -2.25. The Morgan fingerprint density at radius 2 is 1.68 bits per heavy atom. The van der Waals surface area contributed by atoms with Gasteiger partial charge in [0.15, 0.2) is 0 Å². The van der Waals surface area contributed by atoms with Gasteiger partial charge in [0.1, 0.15) is 11.8 Å². The monoisotopic (exact) mass is 496 g/mol. The van der Waals surface area contributed by atoms with Crippen LogP contribution in [-0.2, 0) is 27.2 Å². The van der Waals surface area contributed by atoms with Crippen LogP contribution in [0.3, 0.4) is 0 Å². The standard InChI is InChI=1S/C30H28N2O5/c1-18(2)37-30(36)20-12-14-23(15-13-20)32-26(24-9-5-6-16-31-24)25(28(34)29(32)35)27(33)22-11-10-19-7-3-4-8-21(19)17-22/h5-6,9-18,26,33H,3-4,7-8H2,1-2H3/b27-25-. The van der Waals surface area contributed by atoms with Gasteiger partial charge < -0.3 is 9.84 Å². The molecular weight excluding hydrogens is 468 g/mol. The third-order valence-electron chi connectivity index (χ3n) is 6.76. The van der Waals surface area contributed by atoms with Crippen molar-refractivity contribution in [2.45, 2.75) is 51.7 Å². The van der Waals surface area contributed by atoms with Gasteiger partial charge in [-0.15, -0.1) is 0 Å². The van der Waals surface area contributed by atoms with E-state index in [2.05, 4.69) is 4.98 Å². The lowest BCUT2D eigenvalue weighted by Crippen LogP contribution is -2.29. The number of hydrogen-bond donors (Lipinski definition) is 1. The van der Waals surface area contributed by atoms with E-state index in [1.54, 1.807) is 68.6 Å². The van der Waals surface area contributed by atoms with E-state index in [0.717, 1.165) is 31.2 Å². The number of aliphatic hydroxyl groups is 1. The molecule has 2 aliphatic rings. The van der Waals surface area contributed by atoms with Crippen molar-refractivity contribution in [1.82, 2.24) is 4.98 Å². The highest BCUT2D eigenvalue weighted by Gasteiger charge is 2.47. The summed E-state index contributed by atoms with van der Waals surface area (Å²) in [6.07, 6.45) is 5.44. The topological polar surface area (TPSA) is 96.8 Å². The van der Waals surface area contributed by atoms with Gasteiger partial charge in [-0.2, -0.15) is 0 Å². The quantitative estimate of drug-likeness (QED) is 0.227. The smallest absolute Gasteiger partial charge is 0.338 e. The minimum Gasteiger partial charge on any atom is -0.507 e. The van der Waals surface area contributed by atoms with Crippen molar-refractivity contribution >= 4 is 29.1 Å². The van der Waals surface area contributed by atoms with Gasteiger partial charge in [-0.25, -0.2) is 4.79 Å². The number of rotatable bonds is 5. The molecule has 1 aromatic heterocycles. The number of esters is 1. The Bertz CT molecular complexity index is 1390. The fourth-order valence-electron chi connectivity index (χ4n) is 4.99. The van der Waals surface area contributed by atoms with E-state index in [1.807, 2.05) is 12.1 Å². The third-order valence-corrected chi connectivity index (χ3v) is 6.76. The lowest BCUT2D eigenvalue weighted by molar-refractivity contribution is -0.132. The minimum atomic E-state index is -0.925. The molecule has 1 amide bonds. The summed E-state index contributed by atoms with van der Waals surface area (Å²) in [7, 11) is 0. The number of ether oxygens (including phenoxy) is 1. The van der Waals surface area contributed by atoms with E-state index in [-0.39, 0.29) is 17.4 Å². The summed E-state index contributed by atoms with van der Waals surface area (Å²) in [6, 6.07) is 16.3. The van der Waals surface area contributed by atoms with Gasteiger partial charge >= 0.3 is 5.97 Å². The summed E-state index contributed by atoms with van der Waals surface area (Å²) in [5.74, 6) is -2.25. The van der Waals surface area contributed by atoms with E-state index < -0.39 is 23.7 Å². The highest BCUT2D eigenvalue weighted by molar-refractivity contribution is 6.51. The average molecular weight is 497 g/mol. The zero-order valence-corrected chi connectivity index (χ0v) is 20.8. The zero-order chi connectivity index (χ0) is 26.1. The molecule has 0 saturated carbocycles. The first-order valence-electron chi connectivity index (χ1n) is 12.5. The second kappa shape index (κ2) is 10.0. The highest BCUT2D eigenvalue weighted by Crippen LogP contribution is 2.41. The molecule has 37 heavy (non-hydrogen) atoms. The molecule has 0 bridgehead atoms. The largest absolute Gasteiger partial charge is 0.507 e. The third kappa shape index (κ3) is 4.65. The van der Waals surface area contributed by atoms with Crippen molar-refractivity contribution in [3.8, 4) is 0 Å². The minimum absolute atomic E-state index is 0.0113. The molecule has 1 aliphatic carbocycles. The number of aliphatic hydroxyl groups excluding tert-OH is 1. The Kier molecular flexibility index (Phi) is 6.61. The number of Topliss-reactive ketones (excluding diaryl/α,β-unsaturated/α-hetero) is 1. The molecule has 1 unspecified atom stereocenters. The molecule has 2 aromatic carbocycles. The average Bonchev–Trinajstić information content (AvgIpc) is 3.18. The summed E-state index contributed by atoms with van der Waals surface area (Å²) < 4.78 is 5.24. The van der Waals surface area contributed by atoms with Crippen LogP contribution >= 0.6 is 0 Å². The van der Waals surface area contributed by atoms with Crippen LogP contribution in [0.5, 0.6) is 0 Å². The number of aromatic nitrogens is 1.